The average molecular weight is 248 g/mol. The Kier molecular flexibility index (Phi) is 5.86. The number of carbonyl (C=O) groups excluding carboxylic acids is 1. The van der Waals surface area contributed by atoms with Gasteiger partial charge in [-0.25, -0.2) is 0 Å². The Balaban J connectivity index is 2.91. The first-order valence-electron chi connectivity index (χ1n) is 6.71. The van der Waals surface area contributed by atoms with Crippen LogP contribution < -0.4 is 5.73 Å². The molecule has 0 aliphatic rings. The zero-order valence-corrected chi connectivity index (χ0v) is 11.6. The highest BCUT2D eigenvalue weighted by molar-refractivity contribution is 5.94. The minimum absolute atomic E-state index is 0.0918. The van der Waals surface area contributed by atoms with E-state index in [0.29, 0.717) is 13.1 Å². The summed E-state index contributed by atoms with van der Waals surface area (Å²) in [6.45, 7) is 7.38. The number of hydrogen-bond acceptors (Lipinski definition) is 2. The summed E-state index contributed by atoms with van der Waals surface area (Å²) in [5.74, 6) is 0.0918. The lowest BCUT2D eigenvalue weighted by molar-refractivity contribution is 0.0674. The summed E-state index contributed by atoms with van der Waals surface area (Å²) in [6, 6.07) is 8.01. The second kappa shape index (κ2) is 7.17. The molecule has 1 amide bonds. The van der Waals surface area contributed by atoms with E-state index >= 15 is 0 Å². The number of nitrogens with two attached hydrogens (primary N) is 1. The van der Waals surface area contributed by atoms with E-state index in [2.05, 4.69) is 13.8 Å². The molecule has 0 aromatic heterocycles. The largest absolute Gasteiger partial charge is 0.334 e. The highest BCUT2D eigenvalue weighted by Crippen LogP contribution is 2.14. The maximum atomic E-state index is 12.5. The van der Waals surface area contributed by atoms with Gasteiger partial charge in [0.1, 0.15) is 0 Å². The Bertz CT molecular complexity index is 369. The molecule has 0 heterocycles. The van der Waals surface area contributed by atoms with Gasteiger partial charge >= 0.3 is 0 Å². The third kappa shape index (κ3) is 3.57. The highest BCUT2D eigenvalue weighted by atomic mass is 16.2. The summed E-state index contributed by atoms with van der Waals surface area (Å²) >= 11 is 0. The quantitative estimate of drug-likeness (QED) is 0.841. The first kappa shape index (κ1) is 14.7. The van der Waals surface area contributed by atoms with E-state index in [1.54, 1.807) is 0 Å². The van der Waals surface area contributed by atoms with Crippen molar-refractivity contribution in [3.05, 3.63) is 35.4 Å². The van der Waals surface area contributed by atoms with Crippen LogP contribution in [0.4, 0.5) is 0 Å². The van der Waals surface area contributed by atoms with Crippen LogP contribution in [0.25, 0.3) is 0 Å². The number of amides is 1. The van der Waals surface area contributed by atoms with Crippen molar-refractivity contribution in [2.24, 2.45) is 5.73 Å². The Hall–Kier alpha value is -1.35. The van der Waals surface area contributed by atoms with Crippen molar-refractivity contribution in [3.63, 3.8) is 0 Å². The summed E-state index contributed by atoms with van der Waals surface area (Å²) in [5, 5.41) is 0. The molecule has 0 saturated heterocycles. The maximum Gasteiger partial charge on any atom is 0.254 e. The average Bonchev–Trinajstić information content (AvgIpc) is 2.39. The van der Waals surface area contributed by atoms with Gasteiger partial charge in [-0.15, -0.1) is 0 Å². The predicted octanol–water partition coefficient (Wildman–Crippen LogP) is 2.58. The second-order valence-corrected chi connectivity index (χ2v) is 4.62. The highest BCUT2D eigenvalue weighted by Gasteiger charge is 2.21. The van der Waals surface area contributed by atoms with Gasteiger partial charge in [-0.05, 0) is 31.9 Å². The molecule has 0 bridgehead atoms. The molecule has 0 fully saturated rings. The summed E-state index contributed by atoms with van der Waals surface area (Å²) < 4.78 is 0. The van der Waals surface area contributed by atoms with E-state index in [-0.39, 0.29) is 11.9 Å². The lowest BCUT2D eigenvalue weighted by atomic mass is 10.1. The number of benzene rings is 1. The molecule has 3 heteroatoms. The molecule has 0 spiro atoms. The van der Waals surface area contributed by atoms with Crippen LogP contribution in [0.2, 0.25) is 0 Å². The number of rotatable bonds is 6. The molecule has 3 nitrogen and oxygen atoms in total. The first-order chi connectivity index (χ1) is 8.63. The summed E-state index contributed by atoms with van der Waals surface area (Å²) in [6.07, 6.45) is 1.93. The van der Waals surface area contributed by atoms with E-state index in [4.69, 9.17) is 5.73 Å². The maximum absolute atomic E-state index is 12.5. The van der Waals surface area contributed by atoms with E-state index in [0.717, 1.165) is 18.4 Å². The molecular formula is C15H24N2O. The van der Waals surface area contributed by atoms with Crippen molar-refractivity contribution in [3.8, 4) is 0 Å². The molecule has 0 radical (unpaired) electrons. The van der Waals surface area contributed by atoms with E-state index < -0.39 is 0 Å². The molecule has 0 aliphatic heterocycles. The molecular weight excluding hydrogens is 224 g/mol. The van der Waals surface area contributed by atoms with Gasteiger partial charge in [-0.3, -0.25) is 4.79 Å². The molecule has 2 N–H and O–H groups in total. The fourth-order valence-corrected chi connectivity index (χ4v) is 2.18. The van der Waals surface area contributed by atoms with Gasteiger partial charge in [0.15, 0.2) is 0 Å². The molecule has 1 aromatic rings. The topological polar surface area (TPSA) is 46.3 Å². The van der Waals surface area contributed by atoms with Gasteiger partial charge in [0, 0.05) is 24.7 Å². The van der Waals surface area contributed by atoms with Crippen LogP contribution in [0.3, 0.4) is 0 Å². The Labute approximate surface area is 110 Å². The minimum Gasteiger partial charge on any atom is -0.334 e. The number of carbonyl (C=O) groups is 1. The molecule has 1 aromatic carbocycles. The van der Waals surface area contributed by atoms with Gasteiger partial charge in [-0.1, -0.05) is 31.5 Å². The summed E-state index contributed by atoms with van der Waals surface area (Å²) in [4.78, 5) is 14.4. The number of hydrogen-bond donors (Lipinski definition) is 1. The SMILES string of the molecule is CCC(CC)N(CCN)C(=O)c1ccc(C)cc1. The predicted molar refractivity (Wildman–Crippen MR) is 75.6 cm³/mol. The van der Waals surface area contributed by atoms with Crippen LogP contribution in [0.15, 0.2) is 24.3 Å². The van der Waals surface area contributed by atoms with Gasteiger partial charge in [0.2, 0.25) is 0 Å². The van der Waals surface area contributed by atoms with Crippen LogP contribution in [0.1, 0.15) is 42.6 Å². The van der Waals surface area contributed by atoms with Crippen molar-refractivity contribution < 1.29 is 4.79 Å². The van der Waals surface area contributed by atoms with Gasteiger partial charge in [-0.2, -0.15) is 0 Å². The van der Waals surface area contributed by atoms with Crippen LogP contribution in [-0.4, -0.2) is 29.9 Å². The molecule has 0 atom stereocenters. The lowest BCUT2D eigenvalue weighted by Gasteiger charge is -2.30. The molecule has 18 heavy (non-hydrogen) atoms. The Morgan fingerprint density at radius 3 is 2.22 bits per heavy atom. The van der Waals surface area contributed by atoms with Crippen LogP contribution >= 0.6 is 0 Å². The van der Waals surface area contributed by atoms with Crippen molar-refractivity contribution >= 4 is 5.91 Å². The zero-order valence-electron chi connectivity index (χ0n) is 11.6. The molecule has 100 valence electrons. The normalized spacial score (nSPS) is 10.7. The van der Waals surface area contributed by atoms with Gasteiger partial charge in [0.05, 0.1) is 0 Å². The monoisotopic (exact) mass is 248 g/mol. The fraction of sp³-hybridized carbons (Fsp3) is 0.533. The van der Waals surface area contributed by atoms with E-state index in [1.165, 1.54) is 5.56 Å². The molecule has 0 saturated carbocycles. The van der Waals surface area contributed by atoms with E-state index in [1.807, 2.05) is 36.1 Å². The first-order valence-corrected chi connectivity index (χ1v) is 6.71. The summed E-state index contributed by atoms with van der Waals surface area (Å²) in [7, 11) is 0. The lowest BCUT2D eigenvalue weighted by Crippen LogP contribution is -2.42. The van der Waals surface area contributed by atoms with Gasteiger partial charge < -0.3 is 10.6 Å². The third-order valence-corrected chi connectivity index (χ3v) is 3.31. The van der Waals surface area contributed by atoms with Crippen molar-refractivity contribution in [1.29, 1.82) is 0 Å². The number of nitrogens with zero attached hydrogens (tertiary/aromatic N) is 1. The standard InChI is InChI=1S/C15H24N2O/c1-4-14(5-2)17(11-10-16)15(18)13-8-6-12(3)7-9-13/h6-9,14H,4-5,10-11,16H2,1-3H3. The van der Waals surface area contributed by atoms with Crippen LogP contribution in [0, 0.1) is 6.92 Å². The Morgan fingerprint density at radius 1 is 1.22 bits per heavy atom. The van der Waals surface area contributed by atoms with Gasteiger partial charge in [0.25, 0.3) is 5.91 Å². The second-order valence-electron chi connectivity index (χ2n) is 4.62. The number of aryl methyl sites for hydroxylation is 1. The molecule has 0 unspecified atom stereocenters. The molecule has 0 aliphatic carbocycles. The zero-order chi connectivity index (χ0) is 13.5. The van der Waals surface area contributed by atoms with Crippen molar-refractivity contribution in [2.45, 2.75) is 39.7 Å². The van der Waals surface area contributed by atoms with E-state index in [9.17, 15) is 4.79 Å². The molecule has 1 rings (SSSR count). The fourth-order valence-electron chi connectivity index (χ4n) is 2.18. The van der Waals surface area contributed by atoms with Crippen molar-refractivity contribution in [1.82, 2.24) is 4.90 Å². The summed E-state index contributed by atoms with van der Waals surface area (Å²) in [5.41, 5.74) is 7.54. The van der Waals surface area contributed by atoms with Crippen LogP contribution in [0.5, 0.6) is 0 Å². The third-order valence-electron chi connectivity index (χ3n) is 3.31. The smallest absolute Gasteiger partial charge is 0.254 e. The minimum atomic E-state index is 0.0918. The Morgan fingerprint density at radius 2 is 1.78 bits per heavy atom. The van der Waals surface area contributed by atoms with Crippen molar-refractivity contribution in [2.75, 3.05) is 13.1 Å². The van der Waals surface area contributed by atoms with Crippen LogP contribution in [-0.2, 0) is 0 Å².